The summed E-state index contributed by atoms with van der Waals surface area (Å²) >= 11 is 0. The van der Waals surface area contributed by atoms with Gasteiger partial charge in [0.2, 0.25) is 0 Å². The Hall–Kier alpha value is -4.31. The minimum Gasteiger partial charge on any atom is -0.438 e. The summed E-state index contributed by atoms with van der Waals surface area (Å²) in [5, 5.41) is 18.4. The zero-order valence-electron chi connectivity index (χ0n) is 21.5. The largest absolute Gasteiger partial charge is 0.438 e. The molecule has 2 heterocycles. The molecule has 10 nitrogen and oxygen atoms in total. The van der Waals surface area contributed by atoms with Gasteiger partial charge in [-0.25, -0.2) is 14.4 Å². The molecule has 0 radical (unpaired) electrons. The van der Waals surface area contributed by atoms with E-state index in [1.54, 1.807) is 24.8 Å². The molecule has 0 saturated carbocycles. The average molecular weight is 519 g/mol. The Kier molecular flexibility index (Phi) is 7.45. The van der Waals surface area contributed by atoms with Gasteiger partial charge in [-0.15, -0.1) is 10.2 Å². The lowest BCUT2D eigenvalue weighted by Crippen LogP contribution is -2.51. The minimum atomic E-state index is -1.22. The second-order valence-electron chi connectivity index (χ2n) is 9.97. The number of nitrogens with zero attached hydrogens (tertiary/aromatic N) is 3. The molecule has 10 heteroatoms. The van der Waals surface area contributed by atoms with Crippen LogP contribution in [0.25, 0.3) is 11.3 Å². The standard InChI is InChI=1S/C28H30N4O6/c1-18(19-9-11-20(12-10-19)22-13-14-23(31-30-22)24(33)37-25(29)34)32-16-15-28(38-26(32)35,17-27(2,3)36)21-7-5-4-6-8-21/h4-14,18,36H,15-17H2,1-3H3,(H2,29,34). The molecule has 1 saturated heterocycles. The molecule has 4 rings (SSSR count). The maximum absolute atomic E-state index is 13.3. The number of rotatable bonds is 7. The van der Waals surface area contributed by atoms with E-state index in [9.17, 15) is 19.5 Å². The maximum atomic E-state index is 13.3. The van der Waals surface area contributed by atoms with Gasteiger partial charge in [0.25, 0.3) is 0 Å². The highest BCUT2D eigenvalue weighted by Gasteiger charge is 2.46. The Morgan fingerprint density at radius 2 is 1.79 bits per heavy atom. The van der Waals surface area contributed by atoms with E-state index in [4.69, 9.17) is 10.5 Å². The van der Waals surface area contributed by atoms with Crippen molar-refractivity contribution in [1.82, 2.24) is 15.1 Å². The van der Waals surface area contributed by atoms with Gasteiger partial charge >= 0.3 is 18.2 Å². The molecule has 3 aromatic rings. The third-order valence-corrected chi connectivity index (χ3v) is 6.52. The van der Waals surface area contributed by atoms with Crippen LogP contribution in [-0.4, -0.2) is 50.5 Å². The molecule has 0 bridgehead atoms. The van der Waals surface area contributed by atoms with Crippen LogP contribution in [0.4, 0.5) is 9.59 Å². The van der Waals surface area contributed by atoms with E-state index in [-0.39, 0.29) is 18.2 Å². The molecule has 38 heavy (non-hydrogen) atoms. The average Bonchev–Trinajstić information content (AvgIpc) is 2.88. The van der Waals surface area contributed by atoms with Crippen LogP contribution in [0.1, 0.15) is 61.3 Å². The van der Waals surface area contributed by atoms with Gasteiger partial charge in [-0.3, -0.25) is 0 Å². The topological polar surface area (TPSA) is 145 Å². The van der Waals surface area contributed by atoms with Crippen molar-refractivity contribution in [2.24, 2.45) is 5.73 Å². The monoisotopic (exact) mass is 518 g/mol. The number of esters is 1. The number of aromatic nitrogens is 2. The van der Waals surface area contributed by atoms with E-state index in [1.165, 1.54) is 6.07 Å². The molecule has 0 aliphatic carbocycles. The predicted octanol–water partition coefficient (Wildman–Crippen LogP) is 4.34. The van der Waals surface area contributed by atoms with Crippen LogP contribution >= 0.6 is 0 Å². The molecular weight excluding hydrogens is 488 g/mol. The third kappa shape index (κ3) is 5.97. The highest BCUT2D eigenvalue weighted by atomic mass is 16.6. The second kappa shape index (κ2) is 10.6. The summed E-state index contributed by atoms with van der Waals surface area (Å²) in [6.07, 6.45) is -0.835. The molecular formula is C28H30N4O6. The number of ether oxygens (including phenoxy) is 2. The number of aliphatic hydroxyl groups is 1. The number of carbonyl (C=O) groups excluding carboxylic acids is 3. The number of hydrogen-bond acceptors (Lipinski definition) is 8. The lowest BCUT2D eigenvalue weighted by molar-refractivity contribution is -0.101. The maximum Gasteiger partial charge on any atom is 0.412 e. The first-order chi connectivity index (χ1) is 18.0. The zero-order chi connectivity index (χ0) is 27.5. The Morgan fingerprint density at radius 3 is 2.34 bits per heavy atom. The first-order valence-corrected chi connectivity index (χ1v) is 12.2. The molecule has 1 aliphatic heterocycles. The van der Waals surface area contributed by atoms with Crippen LogP contribution in [0.3, 0.4) is 0 Å². The number of benzene rings is 2. The van der Waals surface area contributed by atoms with Gasteiger partial charge in [0, 0.05) is 24.9 Å². The molecule has 2 atom stereocenters. The summed E-state index contributed by atoms with van der Waals surface area (Å²) in [4.78, 5) is 37.4. The molecule has 1 aliphatic rings. The summed E-state index contributed by atoms with van der Waals surface area (Å²) in [7, 11) is 0. The highest BCUT2D eigenvalue weighted by molar-refractivity contribution is 5.94. The molecule has 2 aromatic carbocycles. The molecule has 1 fully saturated rings. The molecule has 1 aromatic heterocycles. The quantitative estimate of drug-likeness (QED) is 0.347. The van der Waals surface area contributed by atoms with Crippen molar-refractivity contribution in [3.05, 3.63) is 83.6 Å². The van der Waals surface area contributed by atoms with Crippen molar-refractivity contribution < 1.29 is 29.0 Å². The highest BCUT2D eigenvalue weighted by Crippen LogP contribution is 2.42. The van der Waals surface area contributed by atoms with Crippen LogP contribution < -0.4 is 5.73 Å². The van der Waals surface area contributed by atoms with Gasteiger partial charge in [-0.05, 0) is 44.0 Å². The van der Waals surface area contributed by atoms with Crippen molar-refractivity contribution in [3.63, 3.8) is 0 Å². The predicted molar refractivity (Wildman–Crippen MR) is 138 cm³/mol. The molecule has 3 N–H and O–H groups in total. The fourth-order valence-electron chi connectivity index (χ4n) is 4.74. The summed E-state index contributed by atoms with van der Waals surface area (Å²) in [5.41, 5.74) is 5.79. The first kappa shape index (κ1) is 26.7. The van der Waals surface area contributed by atoms with Crippen molar-refractivity contribution in [3.8, 4) is 11.3 Å². The van der Waals surface area contributed by atoms with E-state index in [0.717, 1.165) is 16.7 Å². The molecule has 2 amide bonds. The molecule has 198 valence electrons. The third-order valence-electron chi connectivity index (χ3n) is 6.52. The fourth-order valence-corrected chi connectivity index (χ4v) is 4.74. The van der Waals surface area contributed by atoms with E-state index in [0.29, 0.717) is 18.7 Å². The lowest BCUT2D eigenvalue weighted by Gasteiger charge is -2.45. The van der Waals surface area contributed by atoms with Crippen molar-refractivity contribution >= 4 is 18.2 Å². The Morgan fingerprint density at radius 1 is 1.11 bits per heavy atom. The summed E-state index contributed by atoms with van der Waals surface area (Å²) < 4.78 is 10.4. The smallest absolute Gasteiger partial charge is 0.412 e. The Balaban J connectivity index is 1.48. The first-order valence-electron chi connectivity index (χ1n) is 12.2. The number of cyclic esters (lactones) is 1. The Labute approximate surface area is 220 Å². The van der Waals surface area contributed by atoms with E-state index < -0.39 is 29.4 Å². The van der Waals surface area contributed by atoms with Crippen molar-refractivity contribution in [2.75, 3.05) is 6.54 Å². The van der Waals surface area contributed by atoms with Crippen LogP contribution in [0.5, 0.6) is 0 Å². The number of primary amides is 1. The van der Waals surface area contributed by atoms with Gasteiger partial charge in [-0.1, -0.05) is 54.6 Å². The van der Waals surface area contributed by atoms with Crippen LogP contribution in [0.2, 0.25) is 0 Å². The van der Waals surface area contributed by atoms with Gasteiger partial charge in [0.1, 0.15) is 5.60 Å². The van der Waals surface area contributed by atoms with Crippen LogP contribution in [0, 0.1) is 0 Å². The minimum absolute atomic E-state index is 0.141. The second-order valence-corrected chi connectivity index (χ2v) is 9.97. The Bertz CT molecular complexity index is 1310. The van der Waals surface area contributed by atoms with Gasteiger partial charge < -0.3 is 25.2 Å². The summed E-state index contributed by atoms with van der Waals surface area (Å²) in [6, 6.07) is 19.7. The van der Waals surface area contributed by atoms with Gasteiger partial charge in [0.05, 0.1) is 17.3 Å². The zero-order valence-corrected chi connectivity index (χ0v) is 21.5. The number of hydrogen-bond donors (Lipinski definition) is 2. The summed E-state index contributed by atoms with van der Waals surface area (Å²) in [6.45, 7) is 5.82. The number of nitrogens with two attached hydrogens (primary N) is 1. The lowest BCUT2D eigenvalue weighted by atomic mass is 9.80. The summed E-state index contributed by atoms with van der Waals surface area (Å²) in [5.74, 6) is -0.979. The fraction of sp³-hybridized carbons (Fsp3) is 0.321. The van der Waals surface area contributed by atoms with Gasteiger partial charge in [-0.2, -0.15) is 0 Å². The van der Waals surface area contributed by atoms with E-state index in [1.807, 2.05) is 61.5 Å². The van der Waals surface area contributed by atoms with Crippen LogP contribution in [-0.2, 0) is 15.1 Å². The van der Waals surface area contributed by atoms with Crippen molar-refractivity contribution in [2.45, 2.75) is 50.9 Å². The van der Waals surface area contributed by atoms with E-state index in [2.05, 4.69) is 14.9 Å². The normalized spacial score (nSPS) is 18.4. The SMILES string of the molecule is CC(c1ccc(-c2ccc(C(=O)OC(N)=O)nn2)cc1)N1CCC(CC(C)(C)O)(c2ccccc2)OC1=O. The molecule has 0 spiro atoms. The van der Waals surface area contributed by atoms with Gasteiger partial charge in [0.15, 0.2) is 5.69 Å². The van der Waals surface area contributed by atoms with E-state index >= 15 is 0 Å². The van der Waals surface area contributed by atoms with Crippen molar-refractivity contribution in [1.29, 1.82) is 0 Å². The molecule has 2 unspecified atom stereocenters. The van der Waals surface area contributed by atoms with Crippen LogP contribution in [0.15, 0.2) is 66.7 Å². The number of carbonyl (C=O) groups is 3. The number of amides is 2.